The summed E-state index contributed by atoms with van der Waals surface area (Å²) in [7, 11) is 0. The minimum absolute atomic E-state index is 0.255. The Bertz CT molecular complexity index is 463. The van der Waals surface area contributed by atoms with Crippen LogP contribution >= 0.6 is 23.8 Å². The lowest BCUT2D eigenvalue weighted by Gasteiger charge is -2.10. The highest BCUT2D eigenvalue weighted by molar-refractivity contribution is 7.80. The van der Waals surface area contributed by atoms with Crippen molar-refractivity contribution in [2.24, 2.45) is 11.7 Å². The molecule has 6 heteroatoms. The molecule has 4 nitrogen and oxygen atoms in total. The van der Waals surface area contributed by atoms with Gasteiger partial charge in [0.2, 0.25) is 0 Å². The monoisotopic (exact) mass is 286 g/mol. The van der Waals surface area contributed by atoms with Crippen LogP contribution in [0.1, 0.15) is 19.4 Å². The molecule has 0 aliphatic rings. The van der Waals surface area contributed by atoms with Crippen LogP contribution in [-0.4, -0.2) is 17.7 Å². The van der Waals surface area contributed by atoms with Crippen LogP contribution in [0.4, 0.5) is 10.5 Å². The van der Waals surface area contributed by atoms with Crippen molar-refractivity contribution in [3.8, 4) is 0 Å². The molecule has 0 radical (unpaired) electrons. The molecule has 0 aliphatic carbocycles. The third kappa shape index (κ3) is 4.50. The van der Waals surface area contributed by atoms with E-state index in [9.17, 15) is 4.79 Å². The van der Waals surface area contributed by atoms with Crippen LogP contribution in [0.3, 0.4) is 0 Å². The molecule has 1 aromatic carbocycles. The van der Waals surface area contributed by atoms with Crippen LogP contribution in [-0.2, 0) is 4.74 Å². The Morgan fingerprint density at radius 2 is 2.22 bits per heavy atom. The minimum Gasteiger partial charge on any atom is -0.449 e. The molecule has 18 heavy (non-hydrogen) atoms. The second-order valence-corrected chi connectivity index (χ2v) is 5.02. The van der Waals surface area contributed by atoms with Gasteiger partial charge < -0.3 is 10.5 Å². The van der Waals surface area contributed by atoms with Gasteiger partial charge in [0.25, 0.3) is 0 Å². The Morgan fingerprint density at radius 3 is 2.72 bits per heavy atom. The van der Waals surface area contributed by atoms with Crippen molar-refractivity contribution in [1.82, 2.24) is 0 Å². The zero-order valence-electron chi connectivity index (χ0n) is 10.2. The Labute approximate surface area is 116 Å². The van der Waals surface area contributed by atoms with Gasteiger partial charge in [0, 0.05) is 5.56 Å². The van der Waals surface area contributed by atoms with Crippen LogP contribution in [0.15, 0.2) is 18.2 Å². The SMILES string of the molecule is CC(C)COC(=O)Nc1ccc(C(N)=S)cc1Cl. The lowest BCUT2D eigenvalue weighted by atomic mass is 10.2. The van der Waals surface area contributed by atoms with Crippen molar-refractivity contribution < 1.29 is 9.53 Å². The standard InChI is InChI=1S/C12H15ClN2O2S/c1-7(2)6-17-12(16)15-10-4-3-8(11(14)18)5-9(10)13/h3-5,7H,6H2,1-2H3,(H2,14,18)(H,15,16). The molecule has 0 heterocycles. The third-order valence-electron chi connectivity index (χ3n) is 2.04. The first-order valence-corrected chi connectivity index (χ1v) is 6.22. The van der Waals surface area contributed by atoms with Crippen molar-refractivity contribution in [2.45, 2.75) is 13.8 Å². The van der Waals surface area contributed by atoms with E-state index in [0.717, 1.165) is 0 Å². The number of ether oxygens (including phenoxy) is 1. The lowest BCUT2D eigenvalue weighted by molar-refractivity contribution is 0.147. The lowest BCUT2D eigenvalue weighted by Crippen LogP contribution is -2.17. The largest absolute Gasteiger partial charge is 0.449 e. The van der Waals surface area contributed by atoms with Gasteiger partial charge in [0.1, 0.15) is 4.99 Å². The molecule has 0 atom stereocenters. The van der Waals surface area contributed by atoms with Gasteiger partial charge in [-0.1, -0.05) is 37.7 Å². The van der Waals surface area contributed by atoms with Gasteiger partial charge in [-0.05, 0) is 24.1 Å². The number of carbonyl (C=O) groups is 1. The molecule has 0 aliphatic heterocycles. The number of nitrogens with one attached hydrogen (secondary N) is 1. The molecular formula is C12H15ClN2O2S. The second kappa shape index (κ2) is 6.56. The number of halogens is 1. The summed E-state index contributed by atoms with van der Waals surface area (Å²) < 4.78 is 4.98. The van der Waals surface area contributed by atoms with E-state index in [1.807, 2.05) is 13.8 Å². The Kier molecular flexibility index (Phi) is 5.37. The Morgan fingerprint density at radius 1 is 1.56 bits per heavy atom. The Hall–Kier alpha value is -1.33. The van der Waals surface area contributed by atoms with Gasteiger partial charge in [0.15, 0.2) is 0 Å². The zero-order valence-corrected chi connectivity index (χ0v) is 11.8. The molecule has 0 spiro atoms. The average Bonchev–Trinajstić information content (AvgIpc) is 2.29. The predicted octanol–water partition coefficient (Wildman–Crippen LogP) is 3.18. The number of benzene rings is 1. The maximum Gasteiger partial charge on any atom is 0.411 e. The molecule has 1 amide bonds. The van der Waals surface area contributed by atoms with Crippen molar-refractivity contribution >= 4 is 40.6 Å². The number of rotatable bonds is 4. The number of hydrogen-bond acceptors (Lipinski definition) is 3. The smallest absolute Gasteiger partial charge is 0.411 e. The van der Waals surface area contributed by atoms with Crippen molar-refractivity contribution in [1.29, 1.82) is 0 Å². The quantitative estimate of drug-likeness (QED) is 0.835. The fraction of sp³-hybridized carbons (Fsp3) is 0.333. The molecule has 0 fully saturated rings. The first-order valence-electron chi connectivity index (χ1n) is 5.43. The summed E-state index contributed by atoms with van der Waals surface area (Å²) in [6, 6.07) is 4.92. The van der Waals surface area contributed by atoms with Crippen LogP contribution in [0.2, 0.25) is 5.02 Å². The fourth-order valence-corrected chi connectivity index (χ4v) is 1.51. The summed E-state index contributed by atoms with van der Waals surface area (Å²) in [4.78, 5) is 11.7. The Balaban J connectivity index is 2.68. The van der Waals surface area contributed by atoms with Crippen molar-refractivity contribution in [3.63, 3.8) is 0 Å². The molecule has 1 rings (SSSR count). The average molecular weight is 287 g/mol. The zero-order chi connectivity index (χ0) is 13.7. The predicted molar refractivity (Wildman–Crippen MR) is 77.1 cm³/mol. The highest BCUT2D eigenvalue weighted by Crippen LogP contribution is 2.23. The van der Waals surface area contributed by atoms with Gasteiger partial charge in [-0.15, -0.1) is 0 Å². The molecule has 0 saturated carbocycles. The highest BCUT2D eigenvalue weighted by Gasteiger charge is 2.08. The van der Waals surface area contributed by atoms with Gasteiger partial charge in [0.05, 0.1) is 17.3 Å². The maximum atomic E-state index is 11.4. The van der Waals surface area contributed by atoms with Crippen LogP contribution in [0.5, 0.6) is 0 Å². The highest BCUT2D eigenvalue weighted by atomic mass is 35.5. The van der Waals surface area contributed by atoms with Crippen LogP contribution < -0.4 is 11.1 Å². The van der Waals surface area contributed by atoms with E-state index in [1.54, 1.807) is 18.2 Å². The molecule has 1 aromatic rings. The molecule has 0 aromatic heterocycles. The molecular weight excluding hydrogens is 272 g/mol. The minimum atomic E-state index is -0.534. The topological polar surface area (TPSA) is 64.3 Å². The van der Waals surface area contributed by atoms with Crippen molar-refractivity contribution in [3.05, 3.63) is 28.8 Å². The molecule has 0 saturated heterocycles. The molecule has 3 N–H and O–H groups in total. The van der Waals surface area contributed by atoms with Gasteiger partial charge in [-0.2, -0.15) is 0 Å². The number of amides is 1. The first-order chi connectivity index (χ1) is 8.40. The van der Waals surface area contributed by atoms with Crippen LogP contribution in [0, 0.1) is 5.92 Å². The van der Waals surface area contributed by atoms with Gasteiger partial charge in [-0.25, -0.2) is 4.79 Å². The number of anilines is 1. The van der Waals surface area contributed by atoms with Gasteiger partial charge >= 0.3 is 6.09 Å². The van der Waals surface area contributed by atoms with E-state index in [0.29, 0.717) is 22.9 Å². The summed E-state index contributed by atoms with van der Waals surface area (Å²) in [5, 5.41) is 2.92. The van der Waals surface area contributed by atoms with E-state index >= 15 is 0 Å². The second-order valence-electron chi connectivity index (χ2n) is 4.18. The number of carbonyl (C=O) groups excluding carboxylic acids is 1. The summed E-state index contributed by atoms with van der Waals surface area (Å²) >= 11 is 10.8. The van der Waals surface area contributed by atoms with E-state index in [4.69, 9.17) is 34.3 Å². The van der Waals surface area contributed by atoms with E-state index in [1.165, 1.54) is 0 Å². The summed E-state index contributed by atoms with van der Waals surface area (Å²) in [6.45, 7) is 4.27. The summed E-state index contributed by atoms with van der Waals surface area (Å²) in [6.07, 6.45) is -0.534. The summed E-state index contributed by atoms with van der Waals surface area (Å²) in [5.41, 5.74) is 6.59. The van der Waals surface area contributed by atoms with Gasteiger partial charge in [-0.3, -0.25) is 5.32 Å². The fourth-order valence-electron chi connectivity index (χ4n) is 1.16. The molecule has 0 bridgehead atoms. The summed E-state index contributed by atoms with van der Waals surface area (Å²) in [5.74, 6) is 0.281. The first kappa shape index (κ1) is 14.7. The third-order valence-corrected chi connectivity index (χ3v) is 2.59. The number of hydrogen-bond donors (Lipinski definition) is 2. The number of thiocarbonyl (C=S) groups is 1. The normalized spacial score (nSPS) is 10.2. The van der Waals surface area contributed by atoms with E-state index in [-0.39, 0.29) is 10.9 Å². The van der Waals surface area contributed by atoms with E-state index < -0.39 is 6.09 Å². The van der Waals surface area contributed by atoms with E-state index in [2.05, 4.69) is 5.32 Å². The molecule has 0 unspecified atom stereocenters. The number of nitrogens with two attached hydrogens (primary N) is 1. The van der Waals surface area contributed by atoms with Crippen molar-refractivity contribution in [2.75, 3.05) is 11.9 Å². The maximum absolute atomic E-state index is 11.4. The van der Waals surface area contributed by atoms with Crippen LogP contribution in [0.25, 0.3) is 0 Å². The molecule has 98 valence electrons.